The summed E-state index contributed by atoms with van der Waals surface area (Å²) >= 11 is 0. The number of rotatable bonds is 4. The van der Waals surface area contributed by atoms with Crippen LogP contribution in [0.15, 0.2) is 53.1 Å². The maximum absolute atomic E-state index is 12.9. The van der Waals surface area contributed by atoms with Crippen LogP contribution in [0.5, 0.6) is 0 Å². The standard InChI is InChI=1S/C23H20N6O5S/c1-35(32,33)21-6-14(8-24)2-3-16(21)13-34-23(31)29-11-17-9-28(10-18(17)12-29)22(30)15-4-5-19-20(7-15)26-27-25-19/h2-7,9,18H,10-13H2,1H3,(H,25,26,27)/t18-/m0/s1. The Balaban J connectivity index is 1.23. The van der Waals surface area contributed by atoms with E-state index in [-0.39, 0.29) is 28.9 Å². The predicted octanol–water partition coefficient (Wildman–Crippen LogP) is 1.84. The Labute approximate surface area is 200 Å². The summed E-state index contributed by atoms with van der Waals surface area (Å²) in [5, 5.41) is 19.5. The van der Waals surface area contributed by atoms with Gasteiger partial charge in [0.2, 0.25) is 0 Å². The first-order valence-corrected chi connectivity index (χ1v) is 12.6. The molecule has 2 aliphatic rings. The number of amides is 2. The molecule has 0 aliphatic carbocycles. The number of carbonyl (C=O) groups excluding carboxylic acids is 2. The van der Waals surface area contributed by atoms with Crippen LogP contribution in [0.4, 0.5) is 4.79 Å². The minimum Gasteiger partial charge on any atom is -0.444 e. The second-order valence-corrected chi connectivity index (χ2v) is 10.5. The maximum Gasteiger partial charge on any atom is 0.410 e. The van der Waals surface area contributed by atoms with E-state index in [1.807, 2.05) is 6.07 Å². The van der Waals surface area contributed by atoms with E-state index >= 15 is 0 Å². The molecule has 1 atom stereocenters. The number of H-pyrrole nitrogens is 1. The van der Waals surface area contributed by atoms with E-state index in [0.717, 1.165) is 17.3 Å². The highest BCUT2D eigenvalue weighted by atomic mass is 32.2. The van der Waals surface area contributed by atoms with E-state index in [0.29, 0.717) is 36.3 Å². The summed E-state index contributed by atoms with van der Waals surface area (Å²) in [5.74, 6) is -0.149. The van der Waals surface area contributed by atoms with E-state index in [4.69, 9.17) is 10.00 Å². The van der Waals surface area contributed by atoms with Crippen molar-refractivity contribution in [2.45, 2.75) is 11.5 Å². The van der Waals surface area contributed by atoms with Crippen molar-refractivity contribution in [3.8, 4) is 6.07 Å². The molecule has 35 heavy (non-hydrogen) atoms. The first-order valence-electron chi connectivity index (χ1n) is 10.7. The Morgan fingerprint density at radius 1 is 1.23 bits per heavy atom. The zero-order valence-electron chi connectivity index (χ0n) is 18.6. The molecule has 1 fully saturated rings. The molecule has 1 N–H and O–H groups in total. The van der Waals surface area contributed by atoms with Crippen LogP contribution < -0.4 is 0 Å². The van der Waals surface area contributed by atoms with Gasteiger partial charge in [0.25, 0.3) is 5.91 Å². The molecule has 0 radical (unpaired) electrons. The zero-order valence-corrected chi connectivity index (χ0v) is 19.4. The molecule has 2 amide bonds. The average Bonchev–Trinajstić information content (AvgIpc) is 3.55. The van der Waals surface area contributed by atoms with Gasteiger partial charge >= 0.3 is 6.09 Å². The summed E-state index contributed by atoms with van der Waals surface area (Å²) in [6.07, 6.45) is 2.24. The molecule has 11 nitrogen and oxygen atoms in total. The van der Waals surface area contributed by atoms with Gasteiger partial charge < -0.3 is 14.5 Å². The summed E-state index contributed by atoms with van der Waals surface area (Å²) in [7, 11) is -3.60. The summed E-state index contributed by atoms with van der Waals surface area (Å²) < 4.78 is 29.6. The Morgan fingerprint density at radius 3 is 2.80 bits per heavy atom. The van der Waals surface area contributed by atoms with Gasteiger partial charge in [-0.3, -0.25) is 9.89 Å². The van der Waals surface area contributed by atoms with Gasteiger partial charge in [-0.2, -0.15) is 5.26 Å². The summed E-state index contributed by atoms with van der Waals surface area (Å²) in [5.41, 5.74) is 3.32. The van der Waals surface area contributed by atoms with Crippen LogP contribution in [0.3, 0.4) is 0 Å². The van der Waals surface area contributed by atoms with Crippen molar-refractivity contribution in [2.24, 2.45) is 5.92 Å². The van der Waals surface area contributed by atoms with Gasteiger partial charge in [-0.25, -0.2) is 13.2 Å². The number of aromatic amines is 1. The monoisotopic (exact) mass is 492 g/mol. The smallest absolute Gasteiger partial charge is 0.410 e. The molecule has 1 saturated heterocycles. The highest BCUT2D eigenvalue weighted by Crippen LogP contribution is 2.31. The van der Waals surface area contributed by atoms with Gasteiger partial charge in [-0.15, -0.1) is 5.10 Å². The SMILES string of the molecule is CS(=O)(=O)c1cc(C#N)ccc1COC(=O)N1CC2=CN(C(=O)c3ccc4[nH]nnc4c3)C[C@H]2C1. The number of nitrogens with zero attached hydrogens (tertiary/aromatic N) is 5. The van der Waals surface area contributed by atoms with Crippen LogP contribution in [0.2, 0.25) is 0 Å². The number of likely N-dealkylation sites (tertiary alicyclic amines) is 1. The molecule has 0 spiro atoms. The molecule has 0 saturated carbocycles. The lowest BCUT2D eigenvalue weighted by Gasteiger charge is -2.20. The van der Waals surface area contributed by atoms with Crippen LogP contribution in [0.1, 0.15) is 21.5 Å². The second-order valence-electron chi connectivity index (χ2n) is 8.54. The predicted molar refractivity (Wildman–Crippen MR) is 123 cm³/mol. The lowest BCUT2D eigenvalue weighted by molar-refractivity contribution is 0.0815. The molecule has 12 heteroatoms. The number of nitriles is 1. The van der Waals surface area contributed by atoms with Crippen molar-refractivity contribution >= 4 is 32.9 Å². The topological polar surface area (TPSA) is 149 Å². The van der Waals surface area contributed by atoms with Crippen LogP contribution >= 0.6 is 0 Å². The van der Waals surface area contributed by atoms with E-state index < -0.39 is 15.9 Å². The molecule has 0 bridgehead atoms. The number of benzene rings is 2. The number of carbonyl (C=O) groups is 2. The highest BCUT2D eigenvalue weighted by molar-refractivity contribution is 7.90. The van der Waals surface area contributed by atoms with Gasteiger partial charge in [0.1, 0.15) is 12.1 Å². The fraction of sp³-hybridized carbons (Fsp3) is 0.261. The Bertz CT molecular complexity index is 1540. The Kier molecular flexibility index (Phi) is 5.49. The first-order chi connectivity index (χ1) is 16.7. The lowest BCUT2D eigenvalue weighted by atomic mass is 10.1. The summed E-state index contributed by atoms with van der Waals surface area (Å²) in [4.78, 5) is 28.7. The fourth-order valence-corrected chi connectivity index (χ4v) is 5.29. The third kappa shape index (κ3) is 4.33. The van der Waals surface area contributed by atoms with Crippen LogP contribution in [-0.2, 0) is 21.2 Å². The lowest BCUT2D eigenvalue weighted by Crippen LogP contribution is -2.33. The normalized spacial score (nSPS) is 17.3. The fourth-order valence-electron chi connectivity index (χ4n) is 4.35. The Hall–Kier alpha value is -4.24. The third-order valence-electron chi connectivity index (χ3n) is 6.12. The van der Waals surface area contributed by atoms with E-state index in [1.54, 1.807) is 29.3 Å². The molecular formula is C23H20N6O5S. The molecule has 178 valence electrons. The van der Waals surface area contributed by atoms with Gasteiger partial charge in [0, 0.05) is 49.1 Å². The largest absolute Gasteiger partial charge is 0.444 e. The Morgan fingerprint density at radius 2 is 2.06 bits per heavy atom. The number of hydrogen-bond donors (Lipinski definition) is 1. The van der Waals surface area contributed by atoms with Crippen LogP contribution in [0.25, 0.3) is 11.0 Å². The first kappa shape index (κ1) is 22.5. The van der Waals surface area contributed by atoms with E-state index in [1.165, 1.54) is 23.1 Å². The molecule has 0 unspecified atom stereocenters. The van der Waals surface area contributed by atoms with Crippen molar-refractivity contribution < 1.29 is 22.7 Å². The molecule has 1 aromatic heterocycles. The van der Waals surface area contributed by atoms with Crippen molar-refractivity contribution in [3.05, 3.63) is 64.9 Å². The van der Waals surface area contributed by atoms with Crippen molar-refractivity contribution in [1.29, 1.82) is 5.26 Å². The summed E-state index contributed by atoms with van der Waals surface area (Å²) in [6.45, 7) is 0.927. The third-order valence-corrected chi connectivity index (χ3v) is 7.30. The minimum absolute atomic E-state index is 0.00349. The van der Waals surface area contributed by atoms with Gasteiger partial charge in [-0.05, 0) is 35.9 Å². The van der Waals surface area contributed by atoms with Crippen LogP contribution in [0, 0.1) is 17.2 Å². The molecule has 2 aliphatic heterocycles. The number of nitrogens with one attached hydrogen (secondary N) is 1. The average molecular weight is 493 g/mol. The number of sulfone groups is 1. The summed E-state index contributed by atoms with van der Waals surface area (Å²) in [6, 6.07) is 11.3. The van der Waals surface area contributed by atoms with Crippen molar-refractivity contribution in [3.63, 3.8) is 0 Å². The van der Waals surface area contributed by atoms with Gasteiger partial charge in [0.15, 0.2) is 9.84 Å². The molecule has 2 aromatic carbocycles. The second kappa shape index (κ2) is 8.52. The quantitative estimate of drug-likeness (QED) is 0.580. The van der Waals surface area contributed by atoms with Crippen LogP contribution in [-0.4, -0.2) is 71.5 Å². The number of fused-ring (bicyclic) bond motifs is 2. The highest BCUT2D eigenvalue weighted by Gasteiger charge is 2.38. The zero-order chi connectivity index (χ0) is 24.7. The van der Waals surface area contributed by atoms with E-state index in [2.05, 4.69) is 15.4 Å². The number of hydrogen-bond acceptors (Lipinski definition) is 8. The molecule has 5 rings (SSSR count). The minimum atomic E-state index is -3.60. The molecule has 3 heterocycles. The van der Waals surface area contributed by atoms with E-state index in [9.17, 15) is 18.0 Å². The molecule has 3 aromatic rings. The maximum atomic E-state index is 12.9. The van der Waals surface area contributed by atoms with Crippen molar-refractivity contribution in [1.82, 2.24) is 25.2 Å². The van der Waals surface area contributed by atoms with Gasteiger partial charge in [-0.1, -0.05) is 11.3 Å². The van der Waals surface area contributed by atoms with Gasteiger partial charge in [0.05, 0.1) is 22.0 Å². The molecular weight excluding hydrogens is 472 g/mol. The number of aromatic nitrogens is 3. The number of ether oxygens (including phenoxy) is 1. The van der Waals surface area contributed by atoms with Crippen molar-refractivity contribution in [2.75, 3.05) is 25.9 Å².